The number of rotatable bonds is 7. The summed E-state index contributed by atoms with van der Waals surface area (Å²) in [7, 11) is -1.56. The quantitative estimate of drug-likeness (QED) is 0.263. The average Bonchev–Trinajstić information content (AvgIpc) is 3.61. The number of fused-ring (bicyclic) bond motifs is 3. The van der Waals surface area contributed by atoms with Gasteiger partial charge in [-0.05, 0) is 0 Å². The number of hydrogen-bond donors (Lipinski definition) is 0. The van der Waals surface area contributed by atoms with E-state index in [1.807, 2.05) is 0 Å². The van der Waals surface area contributed by atoms with Crippen molar-refractivity contribution in [3.05, 3.63) is 142 Å². The van der Waals surface area contributed by atoms with E-state index in [9.17, 15) is 0 Å². The molecule has 213 valence electrons. The van der Waals surface area contributed by atoms with E-state index in [4.69, 9.17) is 0 Å². The Labute approximate surface area is 277 Å². The van der Waals surface area contributed by atoms with E-state index in [1.165, 1.54) is 33.4 Å². The minimum atomic E-state index is -1.56. The van der Waals surface area contributed by atoms with Crippen molar-refractivity contribution in [2.45, 2.75) is 56.4 Å². The molecule has 4 aromatic carbocycles. The molecule has 1 atom stereocenters. The first-order valence-electron chi connectivity index (χ1n) is 14.8. The Balaban J connectivity index is 0.00000202. The van der Waals surface area contributed by atoms with Crippen LogP contribution in [0.15, 0.2) is 103 Å². The molecule has 0 aliphatic heterocycles. The van der Waals surface area contributed by atoms with Crippen molar-refractivity contribution in [2.75, 3.05) is 0 Å². The normalized spacial score (nSPS) is 14.7. The molecule has 0 N–H and O–H groups in total. The van der Waals surface area contributed by atoms with Crippen molar-refractivity contribution in [1.29, 1.82) is 0 Å². The fourth-order valence-electron chi connectivity index (χ4n) is 6.61. The summed E-state index contributed by atoms with van der Waals surface area (Å²) in [4.78, 5) is 0. The van der Waals surface area contributed by atoms with Crippen molar-refractivity contribution in [3.63, 3.8) is 0 Å². The fourth-order valence-corrected chi connectivity index (χ4v) is 12.8. The molecule has 4 heteroatoms. The van der Waals surface area contributed by atoms with Crippen molar-refractivity contribution in [2.24, 2.45) is 0 Å². The van der Waals surface area contributed by atoms with Crippen LogP contribution in [0.1, 0.15) is 62.8 Å². The van der Waals surface area contributed by atoms with Crippen LogP contribution >= 0.6 is 0 Å². The topological polar surface area (TPSA) is 0 Å². The van der Waals surface area contributed by atoms with Gasteiger partial charge >= 0.3 is 254 Å². The molecule has 1 unspecified atom stereocenters. The van der Waals surface area contributed by atoms with Gasteiger partial charge in [-0.15, -0.1) is 0 Å². The maximum absolute atomic E-state index is 2.65. The molecule has 0 saturated heterocycles. The van der Waals surface area contributed by atoms with Crippen LogP contribution in [0.2, 0.25) is 19.6 Å². The summed E-state index contributed by atoms with van der Waals surface area (Å²) in [6.45, 7) is 12.3. The summed E-state index contributed by atoms with van der Waals surface area (Å²) in [6, 6.07) is 32.5. The van der Waals surface area contributed by atoms with E-state index in [0.717, 1.165) is 19.3 Å². The second-order valence-corrected chi connectivity index (χ2v) is 20.5. The van der Waals surface area contributed by atoms with Crippen LogP contribution in [-0.4, -0.2) is 11.3 Å². The minimum Gasteiger partial charge on any atom is -1.00 e. The van der Waals surface area contributed by atoms with Crippen LogP contribution in [0.4, 0.5) is 0 Å². The molecule has 0 amide bonds. The first-order valence-corrected chi connectivity index (χ1v) is 21.0. The van der Waals surface area contributed by atoms with E-state index < -0.39 is 30.8 Å². The van der Waals surface area contributed by atoms with Gasteiger partial charge in [-0.3, -0.25) is 0 Å². The van der Waals surface area contributed by atoms with E-state index >= 15 is 0 Å². The van der Waals surface area contributed by atoms with Gasteiger partial charge in [-0.25, -0.2) is 0 Å². The van der Waals surface area contributed by atoms with E-state index in [2.05, 4.69) is 137 Å². The van der Waals surface area contributed by atoms with Gasteiger partial charge in [0.2, 0.25) is 0 Å². The Hall–Kier alpha value is -2.09. The van der Waals surface area contributed by atoms with Crippen LogP contribution in [0.3, 0.4) is 0 Å². The standard InChI is InChI=1S/C25H29Si.C13H10.2ClH.Zr/c1-6-17-12-13-21-19(14-17)15-23-22(21)16-24(26(3,4)5)20(7-2)25(23)18-10-8-9-11-18;1-3-7-12(8-4-1)11-13-9-5-2-6-10-13;;;/h8-10,12-16H,6-7,11H2,1-5H3;1-10H;2*1H;/q;;;;+2/p-2. The van der Waals surface area contributed by atoms with Gasteiger partial charge in [0.15, 0.2) is 0 Å². The van der Waals surface area contributed by atoms with Gasteiger partial charge < -0.3 is 24.8 Å². The SMILES string of the molecule is CCc1ccc2c(c1)[CH]([Zr+2]=[C](c1ccccc1)c1ccccc1)c1c-2cc([Si](C)(C)C)c(CC)c1C1=CC=CC1.[Cl-].[Cl-]. The maximum atomic E-state index is 2.65. The van der Waals surface area contributed by atoms with Crippen molar-refractivity contribution >= 4 is 22.0 Å². The van der Waals surface area contributed by atoms with E-state index in [0.29, 0.717) is 3.63 Å². The van der Waals surface area contributed by atoms with Crippen molar-refractivity contribution < 1.29 is 47.6 Å². The molecule has 0 spiro atoms. The van der Waals surface area contributed by atoms with Gasteiger partial charge in [-0.1, -0.05) is 0 Å². The zero-order valence-electron chi connectivity index (χ0n) is 25.3. The second kappa shape index (κ2) is 13.7. The summed E-state index contributed by atoms with van der Waals surface area (Å²) in [5, 5.41) is 1.66. The largest absolute Gasteiger partial charge is 1.00 e. The smallest absolute Gasteiger partial charge is 1.00 e. The molecule has 2 aliphatic rings. The summed E-state index contributed by atoms with van der Waals surface area (Å²) in [5.41, 5.74) is 15.3. The molecule has 0 heterocycles. The third kappa shape index (κ3) is 6.11. The number of hydrogen-bond acceptors (Lipinski definition) is 0. The van der Waals surface area contributed by atoms with Crippen LogP contribution in [0.5, 0.6) is 0 Å². The Bertz CT molecular complexity index is 1620. The van der Waals surface area contributed by atoms with Crippen molar-refractivity contribution in [3.8, 4) is 11.1 Å². The number of aryl methyl sites for hydroxylation is 1. The number of benzene rings is 4. The van der Waals surface area contributed by atoms with Gasteiger partial charge in [0.25, 0.3) is 0 Å². The molecule has 0 bridgehead atoms. The zero-order chi connectivity index (χ0) is 27.9. The Kier molecular flexibility index (Phi) is 10.7. The molecule has 42 heavy (non-hydrogen) atoms. The Morgan fingerprint density at radius 1 is 0.786 bits per heavy atom. The fraction of sp³-hybridized carbons (Fsp3) is 0.237. The van der Waals surface area contributed by atoms with Crippen LogP contribution < -0.4 is 30.0 Å². The molecule has 0 aromatic heterocycles. The average molecular weight is 686 g/mol. The molecule has 2 aliphatic carbocycles. The summed E-state index contributed by atoms with van der Waals surface area (Å²) >= 11 is -1.17. The van der Waals surface area contributed by atoms with Gasteiger partial charge in [0, 0.05) is 0 Å². The molecule has 0 nitrogen and oxygen atoms in total. The Morgan fingerprint density at radius 2 is 1.43 bits per heavy atom. The van der Waals surface area contributed by atoms with Crippen LogP contribution in [0.25, 0.3) is 16.7 Å². The molecule has 4 aromatic rings. The molecule has 0 fully saturated rings. The number of halogens is 2. The Morgan fingerprint density at radius 3 is 1.95 bits per heavy atom. The van der Waals surface area contributed by atoms with Crippen LogP contribution in [0, 0.1) is 0 Å². The zero-order valence-corrected chi connectivity index (χ0v) is 30.2. The maximum Gasteiger partial charge on any atom is -1.00 e. The molecule has 0 radical (unpaired) electrons. The number of allylic oxidation sites excluding steroid dienone is 4. The van der Waals surface area contributed by atoms with E-state index in [1.54, 1.807) is 30.6 Å². The predicted molar refractivity (Wildman–Crippen MR) is 173 cm³/mol. The molecule has 0 saturated carbocycles. The van der Waals surface area contributed by atoms with E-state index in [-0.39, 0.29) is 24.8 Å². The molecular weight excluding hydrogens is 647 g/mol. The van der Waals surface area contributed by atoms with Gasteiger partial charge in [0.1, 0.15) is 0 Å². The minimum absolute atomic E-state index is 0. The van der Waals surface area contributed by atoms with Crippen molar-refractivity contribution in [1.82, 2.24) is 0 Å². The molecular formula is C38H39Cl2SiZr. The first-order chi connectivity index (χ1) is 19.4. The second-order valence-electron chi connectivity index (χ2n) is 12.1. The third-order valence-electron chi connectivity index (χ3n) is 8.56. The summed E-state index contributed by atoms with van der Waals surface area (Å²) in [6.07, 6.45) is 10.3. The summed E-state index contributed by atoms with van der Waals surface area (Å²) < 4.78 is 2.10. The molecule has 6 rings (SSSR count). The monoisotopic (exact) mass is 683 g/mol. The van der Waals surface area contributed by atoms with Gasteiger partial charge in [-0.2, -0.15) is 0 Å². The third-order valence-corrected chi connectivity index (χ3v) is 14.9. The summed E-state index contributed by atoms with van der Waals surface area (Å²) in [5.74, 6) is 0. The predicted octanol–water partition coefficient (Wildman–Crippen LogP) is 3.13. The van der Waals surface area contributed by atoms with Gasteiger partial charge in [0.05, 0.1) is 0 Å². The van der Waals surface area contributed by atoms with Crippen LogP contribution in [-0.2, 0) is 35.6 Å². The first kappa shape index (κ1) is 32.8.